The molecule has 1 rings (SSSR count). The Labute approximate surface area is 148 Å². The third-order valence-corrected chi connectivity index (χ3v) is 4.82. The molecule has 0 unspecified atom stereocenters. The summed E-state index contributed by atoms with van der Waals surface area (Å²) in [4.78, 5) is 12.2. The maximum absolute atomic E-state index is 12.2. The number of hydrogen-bond acceptors (Lipinski definition) is 2. The molecular formula is C22H36O2. The molecule has 136 valence electrons. The monoisotopic (exact) mass is 332 g/mol. The second-order valence-electron chi connectivity index (χ2n) is 7.17. The van der Waals surface area contributed by atoms with E-state index < -0.39 is 0 Å². The lowest BCUT2D eigenvalue weighted by Gasteiger charge is -2.07. The Bertz CT molecular complexity index is 468. The van der Waals surface area contributed by atoms with E-state index in [-0.39, 0.29) is 5.78 Å². The maximum Gasteiger partial charge on any atom is 0.162 e. The van der Waals surface area contributed by atoms with Crippen LogP contribution in [0.15, 0.2) is 12.1 Å². The van der Waals surface area contributed by atoms with E-state index in [2.05, 4.69) is 6.92 Å². The van der Waals surface area contributed by atoms with E-state index in [4.69, 9.17) is 0 Å². The van der Waals surface area contributed by atoms with Crippen molar-refractivity contribution in [1.82, 2.24) is 0 Å². The number of phenols is 1. The molecule has 0 saturated carbocycles. The molecule has 0 amide bonds. The Kier molecular flexibility index (Phi) is 10.5. The largest absolute Gasteiger partial charge is 0.507 e. The molecule has 0 radical (unpaired) electrons. The van der Waals surface area contributed by atoms with Gasteiger partial charge in [-0.25, -0.2) is 0 Å². The van der Waals surface area contributed by atoms with Crippen molar-refractivity contribution in [3.63, 3.8) is 0 Å². The summed E-state index contributed by atoms with van der Waals surface area (Å²) in [6.07, 6.45) is 14.9. The van der Waals surface area contributed by atoms with Gasteiger partial charge in [-0.15, -0.1) is 0 Å². The first kappa shape index (κ1) is 20.7. The van der Waals surface area contributed by atoms with Crippen LogP contribution in [0.4, 0.5) is 0 Å². The zero-order valence-electron chi connectivity index (χ0n) is 16.0. The summed E-state index contributed by atoms with van der Waals surface area (Å²) in [6.45, 7) is 5.96. The smallest absolute Gasteiger partial charge is 0.162 e. The normalized spacial score (nSPS) is 11.0. The van der Waals surface area contributed by atoms with Gasteiger partial charge in [-0.05, 0) is 43.5 Å². The molecule has 0 fully saturated rings. The number of phenolic OH excluding ortho intramolecular Hbond substituents is 1. The van der Waals surface area contributed by atoms with Gasteiger partial charge < -0.3 is 5.11 Å². The highest BCUT2D eigenvalue weighted by atomic mass is 16.3. The van der Waals surface area contributed by atoms with Gasteiger partial charge in [0.2, 0.25) is 0 Å². The highest BCUT2D eigenvalue weighted by molar-refractivity contribution is 5.96. The second-order valence-corrected chi connectivity index (χ2v) is 7.17. The molecule has 0 aliphatic heterocycles. The zero-order valence-corrected chi connectivity index (χ0v) is 16.0. The summed E-state index contributed by atoms with van der Waals surface area (Å²) in [7, 11) is 0. The maximum atomic E-state index is 12.2. The molecule has 0 aliphatic rings. The lowest BCUT2D eigenvalue weighted by molar-refractivity contribution is 0.0979. The third-order valence-electron chi connectivity index (χ3n) is 4.82. The minimum atomic E-state index is 0.206. The first-order valence-electron chi connectivity index (χ1n) is 9.89. The number of ketones is 1. The van der Waals surface area contributed by atoms with E-state index in [1.807, 2.05) is 26.0 Å². The Morgan fingerprint density at radius 1 is 0.792 bits per heavy atom. The lowest BCUT2D eigenvalue weighted by Crippen LogP contribution is -2.00. The van der Waals surface area contributed by atoms with Crippen LogP contribution in [0.3, 0.4) is 0 Å². The van der Waals surface area contributed by atoms with Crippen molar-refractivity contribution in [2.24, 2.45) is 0 Å². The Hall–Kier alpha value is -1.31. The van der Waals surface area contributed by atoms with Gasteiger partial charge in [0, 0.05) is 12.0 Å². The van der Waals surface area contributed by atoms with Crippen LogP contribution in [0.5, 0.6) is 5.75 Å². The molecule has 0 atom stereocenters. The van der Waals surface area contributed by atoms with Crippen molar-refractivity contribution in [3.05, 3.63) is 28.8 Å². The molecular weight excluding hydrogens is 296 g/mol. The van der Waals surface area contributed by atoms with Crippen LogP contribution in [0, 0.1) is 13.8 Å². The number of carbonyl (C=O) groups is 1. The van der Waals surface area contributed by atoms with Crippen molar-refractivity contribution in [2.75, 3.05) is 0 Å². The zero-order chi connectivity index (χ0) is 17.8. The summed E-state index contributed by atoms with van der Waals surface area (Å²) in [5.74, 6) is 0.512. The van der Waals surface area contributed by atoms with Gasteiger partial charge in [-0.3, -0.25) is 4.79 Å². The van der Waals surface area contributed by atoms with E-state index in [1.165, 1.54) is 57.8 Å². The Balaban J connectivity index is 2.08. The lowest BCUT2D eigenvalue weighted by atomic mass is 9.99. The van der Waals surface area contributed by atoms with E-state index in [9.17, 15) is 9.90 Å². The summed E-state index contributed by atoms with van der Waals surface area (Å²) in [6, 6.07) is 3.62. The van der Waals surface area contributed by atoms with Crippen molar-refractivity contribution >= 4 is 5.78 Å². The van der Waals surface area contributed by atoms with E-state index in [0.717, 1.165) is 29.5 Å². The molecule has 0 bridgehead atoms. The van der Waals surface area contributed by atoms with E-state index >= 15 is 0 Å². The molecule has 1 N–H and O–H groups in total. The van der Waals surface area contributed by atoms with Crippen molar-refractivity contribution in [1.29, 1.82) is 0 Å². The molecule has 1 aromatic rings. The fraction of sp³-hybridized carbons (Fsp3) is 0.682. The van der Waals surface area contributed by atoms with Gasteiger partial charge in [0.05, 0.1) is 0 Å². The van der Waals surface area contributed by atoms with Crippen LogP contribution < -0.4 is 0 Å². The van der Waals surface area contributed by atoms with Gasteiger partial charge in [0.1, 0.15) is 5.75 Å². The highest BCUT2D eigenvalue weighted by Crippen LogP contribution is 2.24. The minimum Gasteiger partial charge on any atom is -0.507 e. The van der Waals surface area contributed by atoms with Gasteiger partial charge >= 0.3 is 0 Å². The second kappa shape index (κ2) is 12.1. The SMILES string of the molecule is CCCCCCCCCCCCCC(=O)c1cc(C)c(O)c(C)c1. The molecule has 0 aliphatic carbocycles. The fourth-order valence-corrected chi connectivity index (χ4v) is 3.21. The average Bonchev–Trinajstić information content (AvgIpc) is 2.56. The first-order valence-corrected chi connectivity index (χ1v) is 9.89. The summed E-state index contributed by atoms with van der Waals surface area (Å²) < 4.78 is 0. The van der Waals surface area contributed by atoms with Crippen LogP contribution in [-0.4, -0.2) is 10.9 Å². The molecule has 1 aromatic carbocycles. The van der Waals surface area contributed by atoms with Crippen LogP contribution in [0.2, 0.25) is 0 Å². The van der Waals surface area contributed by atoms with Crippen molar-refractivity contribution in [3.8, 4) is 5.75 Å². The summed E-state index contributed by atoms with van der Waals surface area (Å²) in [5, 5.41) is 9.78. The van der Waals surface area contributed by atoms with Gasteiger partial charge in [-0.2, -0.15) is 0 Å². The van der Waals surface area contributed by atoms with Gasteiger partial charge in [0.25, 0.3) is 0 Å². The molecule has 2 nitrogen and oxygen atoms in total. The van der Waals surface area contributed by atoms with Crippen molar-refractivity contribution < 1.29 is 9.90 Å². The van der Waals surface area contributed by atoms with Gasteiger partial charge in [-0.1, -0.05) is 71.1 Å². The highest BCUT2D eigenvalue weighted by Gasteiger charge is 2.10. The standard InChI is InChI=1S/C22H36O2/c1-4-5-6-7-8-9-10-11-12-13-14-15-21(23)20-16-18(2)22(24)19(3)17-20/h16-17,24H,4-15H2,1-3H3. The molecule has 0 spiro atoms. The average molecular weight is 333 g/mol. The predicted molar refractivity (Wildman–Crippen MR) is 103 cm³/mol. The molecule has 24 heavy (non-hydrogen) atoms. The molecule has 0 saturated heterocycles. The van der Waals surface area contributed by atoms with Crippen molar-refractivity contribution in [2.45, 2.75) is 97.8 Å². The predicted octanol–water partition coefficient (Wildman–Crippen LogP) is 6.89. The van der Waals surface area contributed by atoms with E-state index in [0.29, 0.717) is 12.2 Å². The number of Topliss-reactive ketones (excluding diaryl/α,β-unsaturated/α-hetero) is 1. The number of benzene rings is 1. The van der Waals surface area contributed by atoms with Crippen LogP contribution >= 0.6 is 0 Å². The third kappa shape index (κ3) is 7.99. The number of aromatic hydroxyl groups is 1. The van der Waals surface area contributed by atoms with Crippen LogP contribution in [0.1, 0.15) is 105 Å². The first-order chi connectivity index (χ1) is 11.6. The summed E-state index contributed by atoms with van der Waals surface area (Å²) in [5.41, 5.74) is 2.32. The Morgan fingerprint density at radius 3 is 1.67 bits per heavy atom. The van der Waals surface area contributed by atoms with Crippen LogP contribution in [0.25, 0.3) is 0 Å². The topological polar surface area (TPSA) is 37.3 Å². The van der Waals surface area contributed by atoms with Crippen LogP contribution in [-0.2, 0) is 0 Å². The summed E-state index contributed by atoms with van der Waals surface area (Å²) >= 11 is 0. The number of carbonyl (C=O) groups excluding carboxylic acids is 1. The number of aryl methyl sites for hydroxylation is 2. The van der Waals surface area contributed by atoms with E-state index in [1.54, 1.807) is 0 Å². The quantitative estimate of drug-likeness (QED) is 0.315. The molecule has 2 heteroatoms. The minimum absolute atomic E-state index is 0.206. The fourth-order valence-electron chi connectivity index (χ4n) is 3.21. The number of unbranched alkanes of at least 4 members (excludes halogenated alkanes) is 10. The molecule has 0 heterocycles. The number of hydrogen-bond donors (Lipinski definition) is 1. The van der Waals surface area contributed by atoms with Gasteiger partial charge in [0.15, 0.2) is 5.78 Å². The number of rotatable bonds is 13. The Morgan fingerprint density at radius 2 is 1.21 bits per heavy atom. The molecule has 0 aromatic heterocycles.